The quantitative estimate of drug-likeness (QED) is 0.647. The molecule has 1 heterocycles. The third-order valence-electron chi connectivity index (χ3n) is 5.51. The minimum absolute atomic E-state index is 0.0995. The van der Waals surface area contributed by atoms with Crippen molar-refractivity contribution >= 4 is 16.0 Å². The maximum absolute atomic E-state index is 13.3. The zero-order valence-electron chi connectivity index (χ0n) is 18.1. The Bertz CT molecular complexity index is 765. The second-order valence-corrected chi connectivity index (χ2v) is 11.0. The molecule has 1 unspecified atom stereocenters. The number of rotatable bonds is 6. The van der Waals surface area contributed by atoms with Crippen molar-refractivity contribution in [3.05, 3.63) is 29.8 Å². The van der Waals surface area contributed by atoms with E-state index < -0.39 is 15.6 Å². The lowest BCUT2D eigenvalue weighted by Gasteiger charge is -2.41. The molecule has 0 bridgehead atoms. The van der Waals surface area contributed by atoms with Crippen LogP contribution in [0.3, 0.4) is 0 Å². The van der Waals surface area contributed by atoms with Gasteiger partial charge in [0.2, 0.25) is 10.0 Å². The summed E-state index contributed by atoms with van der Waals surface area (Å²) in [6.45, 7) is 12.2. The lowest BCUT2D eigenvalue weighted by atomic mass is 9.83. The fourth-order valence-electron chi connectivity index (χ4n) is 3.79. The predicted octanol–water partition coefficient (Wildman–Crippen LogP) is 4.54. The molecule has 0 spiro atoms. The number of esters is 1. The summed E-state index contributed by atoms with van der Waals surface area (Å²) in [4.78, 5) is 12.6. The number of piperidine rings is 1. The van der Waals surface area contributed by atoms with Gasteiger partial charge in [-0.1, -0.05) is 38.0 Å². The van der Waals surface area contributed by atoms with Gasteiger partial charge >= 0.3 is 5.97 Å². The number of ether oxygens (including phenoxy) is 1. The van der Waals surface area contributed by atoms with Crippen LogP contribution in [0.25, 0.3) is 0 Å². The Labute approximate surface area is 170 Å². The van der Waals surface area contributed by atoms with Crippen molar-refractivity contribution < 1.29 is 17.9 Å². The van der Waals surface area contributed by atoms with Crippen LogP contribution >= 0.6 is 0 Å². The number of sulfonamides is 1. The van der Waals surface area contributed by atoms with Crippen molar-refractivity contribution in [2.75, 3.05) is 6.54 Å². The Balaban J connectivity index is 2.18. The molecule has 158 valence electrons. The molecule has 0 aliphatic carbocycles. The summed E-state index contributed by atoms with van der Waals surface area (Å²) < 4.78 is 33.7. The van der Waals surface area contributed by atoms with E-state index >= 15 is 0 Å². The van der Waals surface area contributed by atoms with Gasteiger partial charge in [-0.15, -0.1) is 0 Å². The molecular weight excluding hydrogens is 374 g/mol. The summed E-state index contributed by atoms with van der Waals surface area (Å²) in [6.07, 6.45) is 2.61. The Kier molecular flexibility index (Phi) is 7.32. The summed E-state index contributed by atoms with van der Waals surface area (Å²) in [5, 5.41) is 0. The summed E-state index contributed by atoms with van der Waals surface area (Å²) in [5.74, 6) is 0.176. The first-order chi connectivity index (χ1) is 12.9. The molecule has 0 aromatic heterocycles. The predicted molar refractivity (Wildman–Crippen MR) is 111 cm³/mol. The zero-order chi connectivity index (χ0) is 21.1. The number of benzene rings is 1. The topological polar surface area (TPSA) is 63.7 Å². The Morgan fingerprint density at radius 2 is 1.86 bits per heavy atom. The first kappa shape index (κ1) is 22.9. The molecule has 2 rings (SSSR count). The number of aryl methyl sites for hydroxylation is 1. The van der Waals surface area contributed by atoms with E-state index in [2.05, 4.69) is 13.8 Å². The van der Waals surface area contributed by atoms with Crippen LogP contribution in [0.2, 0.25) is 0 Å². The largest absolute Gasteiger partial charge is 0.460 e. The zero-order valence-corrected chi connectivity index (χ0v) is 18.9. The van der Waals surface area contributed by atoms with Gasteiger partial charge in [0.05, 0.1) is 4.90 Å². The van der Waals surface area contributed by atoms with E-state index in [0.717, 1.165) is 12.0 Å². The minimum atomic E-state index is -3.55. The van der Waals surface area contributed by atoms with Crippen molar-refractivity contribution in [1.82, 2.24) is 4.31 Å². The van der Waals surface area contributed by atoms with Gasteiger partial charge < -0.3 is 4.74 Å². The molecule has 1 aliphatic rings. The maximum atomic E-state index is 13.3. The number of nitrogens with zero attached hydrogens (tertiary/aromatic N) is 1. The van der Waals surface area contributed by atoms with E-state index in [0.29, 0.717) is 30.7 Å². The van der Waals surface area contributed by atoms with Crippen LogP contribution < -0.4 is 0 Å². The fourth-order valence-corrected chi connectivity index (χ4v) is 5.54. The van der Waals surface area contributed by atoms with Gasteiger partial charge in [-0.2, -0.15) is 4.31 Å². The van der Waals surface area contributed by atoms with E-state index in [1.165, 1.54) is 0 Å². The molecule has 1 aromatic rings. The first-order valence-corrected chi connectivity index (χ1v) is 11.7. The van der Waals surface area contributed by atoms with Crippen LogP contribution in [0.4, 0.5) is 0 Å². The molecule has 6 heteroatoms. The highest BCUT2D eigenvalue weighted by Crippen LogP contribution is 2.35. The second-order valence-electron chi connectivity index (χ2n) is 9.06. The highest BCUT2D eigenvalue weighted by molar-refractivity contribution is 7.89. The fraction of sp³-hybridized carbons (Fsp3) is 0.682. The standard InChI is InChI=1S/C22H35NO4S/c1-7-17(3)20-14-18(15-21(24)27-22(4,5)6)12-13-23(20)28(25,26)19-10-8-16(2)9-11-19/h8-11,17-18,20H,7,12-15H2,1-6H3/t17?,18-,20-/m1/s1. The molecular formula is C22H35NO4S. The summed E-state index contributed by atoms with van der Waals surface area (Å²) in [5.41, 5.74) is 0.538. The monoisotopic (exact) mass is 409 g/mol. The Morgan fingerprint density at radius 1 is 1.25 bits per heavy atom. The van der Waals surface area contributed by atoms with Crippen LogP contribution in [0.1, 0.15) is 65.9 Å². The lowest BCUT2D eigenvalue weighted by Crippen LogP contribution is -2.49. The van der Waals surface area contributed by atoms with Crippen LogP contribution in [-0.4, -0.2) is 36.9 Å². The van der Waals surface area contributed by atoms with Gasteiger partial charge in [0.1, 0.15) is 5.60 Å². The van der Waals surface area contributed by atoms with Crippen LogP contribution in [-0.2, 0) is 19.6 Å². The summed E-state index contributed by atoms with van der Waals surface area (Å²) in [7, 11) is -3.55. The molecule has 0 radical (unpaired) electrons. The lowest BCUT2D eigenvalue weighted by molar-refractivity contribution is -0.156. The second kappa shape index (κ2) is 8.95. The van der Waals surface area contributed by atoms with Gasteiger partial charge in [-0.3, -0.25) is 4.79 Å². The van der Waals surface area contributed by atoms with Crippen LogP contribution in [0.5, 0.6) is 0 Å². The Hall–Kier alpha value is -1.40. The van der Waals surface area contributed by atoms with Gasteiger partial charge in [0.25, 0.3) is 0 Å². The van der Waals surface area contributed by atoms with E-state index in [-0.39, 0.29) is 23.8 Å². The molecule has 28 heavy (non-hydrogen) atoms. The van der Waals surface area contributed by atoms with Crippen LogP contribution in [0.15, 0.2) is 29.2 Å². The van der Waals surface area contributed by atoms with E-state index in [1.807, 2.05) is 39.8 Å². The molecule has 0 amide bonds. The maximum Gasteiger partial charge on any atom is 0.306 e. The third-order valence-corrected chi connectivity index (χ3v) is 7.44. The molecule has 0 saturated carbocycles. The average molecular weight is 410 g/mol. The van der Waals surface area contributed by atoms with Gasteiger partial charge in [-0.05, 0) is 64.5 Å². The minimum Gasteiger partial charge on any atom is -0.460 e. The van der Waals surface area contributed by atoms with Crippen molar-refractivity contribution in [2.24, 2.45) is 11.8 Å². The molecule has 0 N–H and O–H groups in total. The van der Waals surface area contributed by atoms with Crippen molar-refractivity contribution in [3.8, 4) is 0 Å². The first-order valence-electron chi connectivity index (χ1n) is 10.2. The average Bonchev–Trinajstić information content (AvgIpc) is 2.59. The van der Waals surface area contributed by atoms with Crippen molar-refractivity contribution in [3.63, 3.8) is 0 Å². The van der Waals surface area contributed by atoms with Crippen molar-refractivity contribution in [2.45, 2.75) is 83.8 Å². The molecule has 1 fully saturated rings. The summed E-state index contributed by atoms with van der Waals surface area (Å²) in [6, 6.07) is 6.94. The number of hydrogen-bond acceptors (Lipinski definition) is 4. The number of hydrogen-bond donors (Lipinski definition) is 0. The molecule has 3 atom stereocenters. The highest BCUT2D eigenvalue weighted by atomic mass is 32.2. The normalized spacial score (nSPS) is 22.6. The molecule has 1 aromatic carbocycles. The van der Waals surface area contributed by atoms with E-state index in [9.17, 15) is 13.2 Å². The SMILES string of the molecule is CCC(C)[C@H]1C[C@H](CC(=O)OC(C)(C)C)CCN1S(=O)(=O)c1ccc(C)cc1. The molecule has 5 nitrogen and oxygen atoms in total. The smallest absolute Gasteiger partial charge is 0.306 e. The highest BCUT2D eigenvalue weighted by Gasteiger charge is 2.39. The summed E-state index contributed by atoms with van der Waals surface area (Å²) >= 11 is 0. The molecule has 1 saturated heterocycles. The van der Waals surface area contributed by atoms with Gasteiger partial charge in [-0.25, -0.2) is 8.42 Å². The molecule has 1 aliphatic heterocycles. The Morgan fingerprint density at radius 3 is 2.39 bits per heavy atom. The van der Waals surface area contributed by atoms with E-state index in [4.69, 9.17) is 4.74 Å². The third kappa shape index (κ3) is 5.80. The number of carbonyl (C=O) groups is 1. The van der Waals surface area contributed by atoms with E-state index in [1.54, 1.807) is 16.4 Å². The van der Waals surface area contributed by atoms with Gasteiger partial charge in [0.15, 0.2) is 0 Å². The van der Waals surface area contributed by atoms with Crippen molar-refractivity contribution in [1.29, 1.82) is 0 Å². The number of carbonyl (C=O) groups excluding carboxylic acids is 1. The van der Waals surface area contributed by atoms with Gasteiger partial charge in [0, 0.05) is 19.0 Å². The van der Waals surface area contributed by atoms with Crippen LogP contribution in [0, 0.1) is 18.8 Å².